The summed E-state index contributed by atoms with van der Waals surface area (Å²) in [4.78, 5) is 52.5. The highest BCUT2D eigenvalue weighted by molar-refractivity contribution is 7.89. The minimum atomic E-state index is -3.77. The number of carbonyl (C=O) groups excluding carboxylic acids is 3. The SMILES string of the molecule is COc1ccc(S(=O)(=O)N2CCN(C(=O)CC[C@@H](C(=O)O)N3C(=O)c4ccccc4C3=O)CC2)c(C)c1. The zero-order chi connectivity index (χ0) is 26.9. The number of hydrogen-bond donors (Lipinski definition) is 1. The molecule has 0 saturated carbocycles. The van der Waals surface area contributed by atoms with Crippen molar-refractivity contribution in [3.63, 3.8) is 0 Å². The average molecular weight is 530 g/mol. The number of hydrogen-bond acceptors (Lipinski definition) is 7. The number of sulfonamides is 1. The van der Waals surface area contributed by atoms with Crippen LogP contribution >= 0.6 is 0 Å². The van der Waals surface area contributed by atoms with Crippen LogP contribution in [0.15, 0.2) is 47.4 Å². The summed E-state index contributed by atoms with van der Waals surface area (Å²) < 4.78 is 32.7. The molecule has 0 spiro atoms. The van der Waals surface area contributed by atoms with Crippen molar-refractivity contribution in [1.82, 2.24) is 14.1 Å². The Morgan fingerprint density at radius 1 is 1.00 bits per heavy atom. The van der Waals surface area contributed by atoms with Gasteiger partial charge in [0.25, 0.3) is 11.8 Å². The smallest absolute Gasteiger partial charge is 0.326 e. The number of amides is 3. The fraction of sp³-hybridized carbons (Fsp3) is 0.360. The van der Waals surface area contributed by atoms with Gasteiger partial charge in [0.1, 0.15) is 11.8 Å². The van der Waals surface area contributed by atoms with Crippen LogP contribution < -0.4 is 4.74 Å². The number of aryl methyl sites for hydroxylation is 1. The van der Waals surface area contributed by atoms with E-state index in [1.165, 1.54) is 34.5 Å². The van der Waals surface area contributed by atoms with Crippen LogP contribution in [0.5, 0.6) is 5.75 Å². The highest BCUT2D eigenvalue weighted by atomic mass is 32.2. The number of methoxy groups -OCH3 is 1. The molecule has 0 bridgehead atoms. The lowest BCUT2D eigenvalue weighted by atomic mass is 10.1. The Kier molecular flexibility index (Phi) is 7.32. The summed E-state index contributed by atoms with van der Waals surface area (Å²) >= 11 is 0. The molecule has 2 heterocycles. The van der Waals surface area contributed by atoms with Crippen LogP contribution in [0.4, 0.5) is 0 Å². The van der Waals surface area contributed by atoms with Crippen LogP contribution in [-0.2, 0) is 19.6 Å². The maximum absolute atomic E-state index is 13.1. The molecule has 1 atom stereocenters. The third kappa shape index (κ3) is 4.94. The average Bonchev–Trinajstić information content (AvgIpc) is 3.13. The Morgan fingerprint density at radius 2 is 1.59 bits per heavy atom. The van der Waals surface area contributed by atoms with Crippen LogP contribution in [0.25, 0.3) is 0 Å². The van der Waals surface area contributed by atoms with Crippen molar-refractivity contribution in [1.29, 1.82) is 0 Å². The Labute approximate surface area is 214 Å². The summed E-state index contributed by atoms with van der Waals surface area (Å²) in [6.07, 6.45) is -0.460. The number of carboxylic acids is 1. The number of benzene rings is 2. The van der Waals surface area contributed by atoms with Gasteiger partial charge in [-0.25, -0.2) is 13.2 Å². The fourth-order valence-corrected chi connectivity index (χ4v) is 6.26. The van der Waals surface area contributed by atoms with Crippen molar-refractivity contribution in [3.8, 4) is 5.75 Å². The number of imide groups is 1. The van der Waals surface area contributed by atoms with E-state index in [1.807, 2.05) is 0 Å². The molecule has 1 fully saturated rings. The lowest BCUT2D eigenvalue weighted by molar-refractivity contribution is -0.142. The van der Waals surface area contributed by atoms with Crippen LogP contribution in [0.1, 0.15) is 39.1 Å². The summed E-state index contributed by atoms with van der Waals surface area (Å²) in [6, 6.07) is 9.31. The summed E-state index contributed by atoms with van der Waals surface area (Å²) in [5.74, 6) is -2.61. The van der Waals surface area contributed by atoms with Gasteiger partial charge in [0.15, 0.2) is 0 Å². The van der Waals surface area contributed by atoms with Gasteiger partial charge in [-0.3, -0.25) is 19.3 Å². The van der Waals surface area contributed by atoms with E-state index in [9.17, 15) is 32.7 Å². The normalized spacial score (nSPS) is 17.0. The monoisotopic (exact) mass is 529 g/mol. The number of aliphatic carboxylic acids is 1. The molecule has 1 N–H and O–H groups in total. The second-order valence-corrected chi connectivity index (χ2v) is 10.7. The number of nitrogens with zero attached hydrogens (tertiary/aromatic N) is 3. The summed E-state index contributed by atoms with van der Waals surface area (Å²) in [5.41, 5.74) is 0.815. The first-order chi connectivity index (χ1) is 17.6. The Balaban J connectivity index is 1.37. The zero-order valence-electron chi connectivity index (χ0n) is 20.4. The van der Waals surface area contributed by atoms with Crippen molar-refractivity contribution in [2.45, 2.75) is 30.7 Å². The molecule has 37 heavy (non-hydrogen) atoms. The summed E-state index contributed by atoms with van der Waals surface area (Å²) in [7, 11) is -2.28. The second-order valence-electron chi connectivity index (χ2n) is 8.83. The summed E-state index contributed by atoms with van der Waals surface area (Å²) in [5, 5.41) is 9.71. The molecule has 2 aliphatic heterocycles. The number of piperazine rings is 1. The van der Waals surface area contributed by atoms with Crippen molar-refractivity contribution < 1.29 is 37.4 Å². The van der Waals surface area contributed by atoms with Gasteiger partial charge >= 0.3 is 5.97 Å². The van der Waals surface area contributed by atoms with E-state index in [1.54, 1.807) is 31.2 Å². The first-order valence-electron chi connectivity index (χ1n) is 11.7. The third-order valence-corrected chi connectivity index (χ3v) is 8.70. The minimum absolute atomic E-state index is 0.0836. The molecule has 0 aliphatic carbocycles. The molecule has 11 nitrogen and oxygen atoms in total. The molecule has 4 rings (SSSR count). The van der Waals surface area contributed by atoms with Gasteiger partial charge in [-0.15, -0.1) is 0 Å². The second kappa shape index (κ2) is 10.3. The number of carbonyl (C=O) groups is 4. The van der Waals surface area contributed by atoms with Crippen LogP contribution in [0.3, 0.4) is 0 Å². The van der Waals surface area contributed by atoms with E-state index in [4.69, 9.17) is 4.74 Å². The van der Waals surface area contributed by atoms with Gasteiger partial charge in [0.2, 0.25) is 15.9 Å². The van der Waals surface area contributed by atoms with E-state index in [0.29, 0.717) is 16.2 Å². The molecule has 1 saturated heterocycles. The topological polar surface area (TPSA) is 142 Å². The van der Waals surface area contributed by atoms with Crippen molar-refractivity contribution in [3.05, 3.63) is 59.2 Å². The largest absolute Gasteiger partial charge is 0.497 e. The minimum Gasteiger partial charge on any atom is -0.497 e. The van der Waals surface area contributed by atoms with Crippen LogP contribution in [0.2, 0.25) is 0 Å². The third-order valence-electron chi connectivity index (χ3n) is 6.65. The van der Waals surface area contributed by atoms with E-state index in [-0.39, 0.29) is 61.0 Å². The molecule has 0 aromatic heterocycles. The predicted molar refractivity (Wildman–Crippen MR) is 131 cm³/mol. The van der Waals surface area contributed by atoms with Crippen molar-refractivity contribution in [2.75, 3.05) is 33.3 Å². The maximum atomic E-state index is 13.1. The molecule has 12 heteroatoms. The molecule has 3 amide bonds. The molecular weight excluding hydrogens is 502 g/mol. The molecular formula is C25H27N3O8S. The van der Waals surface area contributed by atoms with Crippen molar-refractivity contribution in [2.24, 2.45) is 0 Å². The lowest BCUT2D eigenvalue weighted by Crippen LogP contribution is -2.51. The predicted octanol–water partition coefficient (Wildman–Crippen LogP) is 1.37. The number of fused-ring (bicyclic) bond motifs is 1. The highest BCUT2D eigenvalue weighted by Crippen LogP contribution is 2.27. The van der Waals surface area contributed by atoms with E-state index in [0.717, 1.165) is 0 Å². The Bertz CT molecular complexity index is 1330. The van der Waals surface area contributed by atoms with Crippen LogP contribution in [-0.4, -0.2) is 90.7 Å². The zero-order valence-corrected chi connectivity index (χ0v) is 21.2. The quantitative estimate of drug-likeness (QED) is 0.506. The van der Waals surface area contributed by atoms with Gasteiger partial charge < -0.3 is 14.7 Å². The molecule has 2 aliphatic rings. The summed E-state index contributed by atoms with van der Waals surface area (Å²) in [6.45, 7) is 2.12. The van der Waals surface area contributed by atoms with Gasteiger partial charge in [0.05, 0.1) is 23.1 Å². The fourth-order valence-electron chi connectivity index (χ4n) is 4.63. The van der Waals surface area contributed by atoms with E-state index >= 15 is 0 Å². The standard InChI is InChI=1S/C25H27N3O8S/c1-16-15-17(36-2)7-9-21(16)37(34,35)27-13-11-26(12-14-27)22(29)10-8-20(25(32)33)28-23(30)18-5-3-4-6-19(18)24(28)31/h3-7,9,15,20H,8,10-14H2,1-2H3,(H,32,33)/t20-/m0/s1. The number of ether oxygens (including phenoxy) is 1. The maximum Gasteiger partial charge on any atom is 0.326 e. The molecule has 0 unspecified atom stereocenters. The van der Waals surface area contributed by atoms with Gasteiger partial charge in [-0.2, -0.15) is 4.31 Å². The number of carboxylic acid groups (broad SMARTS) is 1. The molecule has 2 aromatic carbocycles. The van der Waals surface area contributed by atoms with Crippen LogP contribution in [0, 0.1) is 6.92 Å². The highest BCUT2D eigenvalue weighted by Gasteiger charge is 2.43. The van der Waals surface area contributed by atoms with Gasteiger partial charge in [-0.05, 0) is 49.2 Å². The first kappa shape index (κ1) is 26.3. The first-order valence-corrected chi connectivity index (χ1v) is 13.1. The lowest BCUT2D eigenvalue weighted by Gasteiger charge is -2.34. The molecule has 0 radical (unpaired) electrons. The van der Waals surface area contributed by atoms with E-state index < -0.39 is 33.8 Å². The number of rotatable bonds is 8. The Morgan fingerprint density at radius 3 is 2.11 bits per heavy atom. The van der Waals surface area contributed by atoms with Gasteiger partial charge in [0, 0.05) is 32.6 Å². The molecule has 2 aromatic rings. The molecule has 196 valence electrons. The Hall–Kier alpha value is -3.77. The van der Waals surface area contributed by atoms with Crippen molar-refractivity contribution >= 4 is 33.7 Å². The van der Waals surface area contributed by atoms with Gasteiger partial charge in [-0.1, -0.05) is 12.1 Å². The van der Waals surface area contributed by atoms with E-state index in [2.05, 4.69) is 0 Å².